The van der Waals surface area contributed by atoms with E-state index in [1.165, 1.54) is 0 Å². The summed E-state index contributed by atoms with van der Waals surface area (Å²) in [7, 11) is -3.19. The maximum atomic E-state index is 12.2. The third-order valence-corrected chi connectivity index (χ3v) is 6.18. The highest BCUT2D eigenvalue weighted by molar-refractivity contribution is 9.09. The summed E-state index contributed by atoms with van der Waals surface area (Å²) in [5.41, 5.74) is 0.564. The van der Waals surface area contributed by atoms with Crippen molar-refractivity contribution in [2.24, 2.45) is 5.41 Å². The van der Waals surface area contributed by atoms with E-state index in [0.29, 0.717) is 10.2 Å². The third-order valence-electron chi connectivity index (χ3n) is 2.37. The summed E-state index contributed by atoms with van der Waals surface area (Å²) < 4.78 is 24.4. The molecule has 0 heterocycles. The van der Waals surface area contributed by atoms with Crippen LogP contribution in [0.3, 0.4) is 0 Å². The Morgan fingerprint density at radius 3 is 2.31 bits per heavy atom. The summed E-state index contributed by atoms with van der Waals surface area (Å²) in [6.07, 6.45) is 0. The summed E-state index contributed by atoms with van der Waals surface area (Å²) in [4.78, 5) is 0.448. The average molecular weight is 305 g/mol. The first-order valence-corrected chi connectivity index (χ1v) is 7.90. The van der Waals surface area contributed by atoms with Gasteiger partial charge in [-0.3, -0.25) is 0 Å². The molecular formula is C12H17BrO2S. The van der Waals surface area contributed by atoms with E-state index in [4.69, 9.17) is 0 Å². The lowest BCUT2D eigenvalue weighted by Crippen LogP contribution is -2.25. The van der Waals surface area contributed by atoms with E-state index < -0.39 is 9.84 Å². The minimum atomic E-state index is -3.19. The molecule has 4 heteroatoms. The molecule has 0 aliphatic rings. The van der Waals surface area contributed by atoms with E-state index in [1.807, 2.05) is 32.9 Å². The molecule has 1 aromatic rings. The number of aryl methyl sites for hydroxylation is 1. The fourth-order valence-electron chi connectivity index (χ4n) is 1.54. The molecule has 0 saturated heterocycles. The van der Waals surface area contributed by atoms with Crippen molar-refractivity contribution >= 4 is 25.8 Å². The Balaban J connectivity index is 3.09. The van der Waals surface area contributed by atoms with Crippen LogP contribution in [0.4, 0.5) is 0 Å². The van der Waals surface area contributed by atoms with Crippen LogP contribution in [0.5, 0.6) is 0 Å². The molecule has 0 unspecified atom stereocenters. The summed E-state index contributed by atoms with van der Waals surface area (Å²) in [6.45, 7) is 5.71. The summed E-state index contributed by atoms with van der Waals surface area (Å²) in [5, 5.41) is 0.672. The second kappa shape index (κ2) is 4.88. The van der Waals surface area contributed by atoms with E-state index in [9.17, 15) is 8.42 Å². The summed E-state index contributed by atoms with van der Waals surface area (Å²) >= 11 is 3.35. The molecule has 0 bridgehead atoms. The van der Waals surface area contributed by atoms with Gasteiger partial charge in [0.05, 0.1) is 10.6 Å². The molecule has 1 aromatic carbocycles. The second-order valence-corrected chi connectivity index (χ2v) is 7.34. The summed E-state index contributed by atoms with van der Waals surface area (Å²) in [5.74, 6) is 0.163. The predicted octanol–water partition coefficient (Wildman–Crippen LogP) is 3.19. The van der Waals surface area contributed by atoms with Crippen LogP contribution in [0.25, 0.3) is 0 Å². The predicted molar refractivity (Wildman–Crippen MR) is 70.8 cm³/mol. The fourth-order valence-corrected chi connectivity index (χ4v) is 4.13. The molecule has 0 saturated carbocycles. The van der Waals surface area contributed by atoms with Gasteiger partial charge < -0.3 is 0 Å². The van der Waals surface area contributed by atoms with Gasteiger partial charge in [-0.2, -0.15) is 0 Å². The van der Waals surface area contributed by atoms with Gasteiger partial charge in [0.15, 0.2) is 9.84 Å². The standard InChI is InChI=1S/C12H17BrO2S/c1-10-6-4-5-7-11(10)16(14,15)9-12(2,3)8-13/h4-7H,8-9H2,1-3H3. The van der Waals surface area contributed by atoms with Gasteiger partial charge in [0.2, 0.25) is 0 Å². The number of benzene rings is 1. The number of rotatable bonds is 4. The SMILES string of the molecule is Cc1ccccc1S(=O)(=O)CC(C)(C)CBr. The van der Waals surface area contributed by atoms with E-state index in [-0.39, 0.29) is 11.2 Å². The lowest BCUT2D eigenvalue weighted by atomic mass is 10.0. The molecule has 0 atom stereocenters. The van der Waals surface area contributed by atoms with Crippen LogP contribution in [0, 0.1) is 12.3 Å². The van der Waals surface area contributed by atoms with Crippen molar-refractivity contribution in [3.05, 3.63) is 29.8 Å². The quantitative estimate of drug-likeness (QED) is 0.801. The van der Waals surface area contributed by atoms with Gasteiger partial charge in [-0.05, 0) is 24.0 Å². The Labute approximate surface area is 106 Å². The highest BCUT2D eigenvalue weighted by Crippen LogP contribution is 2.26. The highest BCUT2D eigenvalue weighted by atomic mass is 79.9. The Bertz CT molecular complexity index is 464. The molecular weight excluding hydrogens is 288 g/mol. The highest BCUT2D eigenvalue weighted by Gasteiger charge is 2.27. The molecule has 0 fully saturated rings. The van der Waals surface area contributed by atoms with E-state index in [2.05, 4.69) is 15.9 Å². The van der Waals surface area contributed by atoms with Crippen molar-refractivity contribution in [3.63, 3.8) is 0 Å². The third kappa shape index (κ3) is 3.32. The summed E-state index contributed by atoms with van der Waals surface area (Å²) in [6, 6.07) is 7.12. The number of hydrogen-bond donors (Lipinski definition) is 0. The Kier molecular flexibility index (Phi) is 4.18. The van der Waals surface area contributed by atoms with Crippen molar-refractivity contribution in [2.45, 2.75) is 25.7 Å². The van der Waals surface area contributed by atoms with Crippen molar-refractivity contribution in [3.8, 4) is 0 Å². The normalized spacial score (nSPS) is 12.8. The molecule has 0 spiro atoms. The minimum absolute atomic E-state index is 0.163. The molecule has 90 valence electrons. The molecule has 0 radical (unpaired) electrons. The Morgan fingerprint density at radius 1 is 1.25 bits per heavy atom. The van der Waals surface area contributed by atoms with Gasteiger partial charge in [-0.1, -0.05) is 48.0 Å². The molecule has 0 aliphatic carbocycles. The maximum absolute atomic E-state index is 12.2. The van der Waals surface area contributed by atoms with Gasteiger partial charge in [0, 0.05) is 5.33 Å². The van der Waals surface area contributed by atoms with Gasteiger partial charge >= 0.3 is 0 Å². The molecule has 0 aromatic heterocycles. The van der Waals surface area contributed by atoms with Crippen LogP contribution in [0.2, 0.25) is 0 Å². The van der Waals surface area contributed by atoms with Crippen LogP contribution >= 0.6 is 15.9 Å². The molecule has 2 nitrogen and oxygen atoms in total. The van der Waals surface area contributed by atoms with Crippen LogP contribution < -0.4 is 0 Å². The lowest BCUT2D eigenvalue weighted by molar-refractivity contribution is 0.474. The topological polar surface area (TPSA) is 34.1 Å². The number of alkyl halides is 1. The van der Waals surface area contributed by atoms with Crippen molar-refractivity contribution in [1.29, 1.82) is 0 Å². The number of sulfone groups is 1. The van der Waals surface area contributed by atoms with Gasteiger partial charge in [0.25, 0.3) is 0 Å². The molecule has 0 aliphatic heterocycles. The molecule has 1 rings (SSSR count). The van der Waals surface area contributed by atoms with Crippen LogP contribution in [0.15, 0.2) is 29.2 Å². The first-order valence-electron chi connectivity index (χ1n) is 5.13. The zero-order valence-electron chi connectivity index (χ0n) is 9.83. The van der Waals surface area contributed by atoms with Gasteiger partial charge in [-0.15, -0.1) is 0 Å². The fraction of sp³-hybridized carbons (Fsp3) is 0.500. The van der Waals surface area contributed by atoms with E-state index >= 15 is 0 Å². The first kappa shape index (κ1) is 13.7. The van der Waals surface area contributed by atoms with E-state index in [1.54, 1.807) is 12.1 Å². The lowest BCUT2D eigenvalue weighted by Gasteiger charge is -2.21. The first-order chi connectivity index (χ1) is 7.28. The largest absolute Gasteiger partial charge is 0.224 e. The molecule has 0 N–H and O–H groups in total. The second-order valence-electron chi connectivity index (χ2n) is 4.82. The van der Waals surface area contributed by atoms with Gasteiger partial charge in [0.1, 0.15) is 0 Å². The molecule has 16 heavy (non-hydrogen) atoms. The number of halogens is 1. The van der Waals surface area contributed by atoms with Crippen molar-refractivity contribution in [2.75, 3.05) is 11.1 Å². The maximum Gasteiger partial charge on any atom is 0.179 e. The smallest absolute Gasteiger partial charge is 0.179 e. The molecule has 0 amide bonds. The van der Waals surface area contributed by atoms with Crippen LogP contribution in [-0.4, -0.2) is 19.5 Å². The minimum Gasteiger partial charge on any atom is -0.224 e. The zero-order valence-corrected chi connectivity index (χ0v) is 12.2. The Hall–Kier alpha value is -0.350. The van der Waals surface area contributed by atoms with Crippen molar-refractivity contribution < 1.29 is 8.42 Å². The van der Waals surface area contributed by atoms with Crippen LogP contribution in [0.1, 0.15) is 19.4 Å². The zero-order chi connectivity index (χ0) is 12.4. The average Bonchev–Trinajstić information content (AvgIpc) is 2.16. The van der Waals surface area contributed by atoms with Gasteiger partial charge in [-0.25, -0.2) is 8.42 Å². The van der Waals surface area contributed by atoms with Crippen LogP contribution in [-0.2, 0) is 9.84 Å². The van der Waals surface area contributed by atoms with E-state index in [0.717, 1.165) is 5.56 Å². The van der Waals surface area contributed by atoms with Crippen molar-refractivity contribution in [1.82, 2.24) is 0 Å². The monoisotopic (exact) mass is 304 g/mol. The Morgan fingerprint density at radius 2 is 1.81 bits per heavy atom. The number of hydrogen-bond acceptors (Lipinski definition) is 2.